The number of aromatic nitrogens is 1. The molecule has 1 N–H and O–H groups in total. The first-order chi connectivity index (χ1) is 15.1. The van der Waals surface area contributed by atoms with Crippen LogP contribution in [0, 0.1) is 11.2 Å². The van der Waals surface area contributed by atoms with E-state index in [2.05, 4.69) is 20.8 Å². The van der Waals surface area contributed by atoms with Crippen molar-refractivity contribution in [3.05, 3.63) is 75.3 Å². The van der Waals surface area contributed by atoms with Gasteiger partial charge in [-0.05, 0) is 41.2 Å². The number of fused-ring (bicyclic) bond motifs is 5. The first-order valence-corrected chi connectivity index (χ1v) is 10.7. The Labute approximate surface area is 185 Å². The number of nitrogens with zero attached hydrogens (tertiary/aromatic N) is 1. The van der Waals surface area contributed by atoms with Crippen LogP contribution < -0.4 is 10.2 Å². The third-order valence-electron chi connectivity index (χ3n) is 6.55. The number of carboxylic acids is 1. The molecule has 0 aliphatic carbocycles. The quantitative estimate of drug-likeness (QED) is 0.611. The molecule has 0 saturated carbocycles. The average Bonchev–Trinajstić information content (AvgIpc) is 3.21. The number of hydrogen-bond acceptors (Lipinski definition) is 3. The summed E-state index contributed by atoms with van der Waals surface area (Å²) in [7, 11) is 0. The second-order valence-corrected chi connectivity index (χ2v) is 9.60. The van der Waals surface area contributed by atoms with Gasteiger partial charge in [0.05, 0.1) is 12.3 Å². The minimum absolute atomic E-state index is 0.0339. The molecule has 2 aromatic carbocycles. The number of rotatable bonds is 2. The Balaban J connectivity index is 1.83. The summed E-state index contributed by atoms with van der Waals surface area (Å²) in [5.41, 5.74) is 4.35. The third kappa shape index (κ3) is 3.13. The lowest BCUT2D eigenvalue weighted by atomic mass is 9.76. The standard InChI is InChI=1S/C26H24FNO4/c1-26(2,3)23-11-18-16-7-8-32-24(16)17(14-5-4-6-15(27)9-14)10-19(18)21-12-22(29)20(25(30)31)13-28(21)23/h4-6,9-10,12-13,23H,7-8,11H2,1-3H3,(H,30,31)/t23-/m0/s1. The van der Waals surface area contributed by atoms with Crippen molar-refractivity contribution in [2.24, 2.45) is 5.41 Å². The van der Waals surface area contributed by atoms with Gasteiger partial charge in [-0.1, -0.05) is 32.9 Å². The van der Waals surface area contributed by atoms with Crippen LogP contribution in [-0.4, -0.2) is 22.2 Å². The molecule has 5 rings (SSSR count). The van der Waals surface area contributed by atoms with Crippen molar-refractivity contribution < 1.29 is 19.0 Å². The van der Waals surface area contributed by atoms with Gasteiger partial charge in [-0.3, -0.25) is 4.79 Å². The minimum atomic E-state index is -1.23. The highest BCUT2D eigenvalue weighted by Gasteiger charge is 2.36. The fourth-order valence-corrected chi connectivity index (χ4v) is 4.97. The maximum absolute atomic E-state index is 14.0. The van der Waals surface area contributed by atoms with E-state index in [1.807, 2.05) is 16.7 Å². The summed E-state index contributed by atoms with van der Waals surface area (Å²) in [4.78, 5) is 24.3. The lowest BCUT2D eigenvalue weighted by molar-refractivity contribution is 0.0693. The molecule has 1 aromatic heterocycles. The van der Waals surface area contributed by atoms with Crippen molar-refractivity contribution in [1.29, 1.82) is 0 Å². The zero-order valence-corrected chi connectivity index (χ0v) is 18.2. The van der Waals surface area contributed by atoms with E-state index in [4.69, 9.17) is 4.74 Å². The fraction of sp³-hybridized carbons (Fsp3) is 0.308. The maximum Gasteiger partial charge on any atom is 0.341 e. The molecule has 0 unspecified atom stereocenters. The van der Waals surface area contributed by atoms with E-state index in [1.54, 1.807) is 6.07 Å². The van der Waals surface area contributed by atoms with Crippen molar-refractivity contribution in [2.45, 2.75) is 39.7 Å². The normalized spacial score (nSPS) is 16.7. The molecule has 3 heterocycles. The third-order valence-corrected chi connectivity index (χ3v) is 6.55. The molecule has 5 nitrogen and oxygen atoms in total. The molecular formula is C26H24FNO4. The Morgan fingerprint density at radius 3 is 2.62 bits per heavy atom. The molecule has 3 aromatic rings. The van der Waals surface area contributed by atoms with Gasteiger partial charge in [-0.25, -0.2) is 9.18 Å². The number of halogens is 1. The van der Waals surface area contributed by atoms with Crippen LogP contribution in [0.15, 0.2) is 47.4 Å². The molecule has 0 spiro atoms. The molecule has 164 valence electrons. The first kappa shape index (κ1) is 20.5. The van der Waals surface area contributed by atoms with Crippen LogP contribution in [0.1, 0.15) is 48.3 Å². The van der Waals surface area contributed by atoms with Crippen LogP contribution in [0.2, 0.25) is 0 Å². The van der Waals surface area contributed by atoms with E-state index in [0.717, 1.165) is 34.4 Å². The van der Waals surface area contributed by atoms with Crippen LogP contribution in [0.3, 0.4) is 0 Å². The van der Waals surface area contributed by atoms with Crippen molar-refractivity contribution in [3.8, 4) is 28.1 Å². The van der Waals surface area contributed by atoms with E-state index in [1.165, 1.54) is 24.4 Å². The smallest absolute Gasteiger partial charge is 0.341 e. The van der Waals surface area contributed by atoms with E-state index >= 15 is 0 Å². The van der Waals surface area contributed by atoms with Gasteiger partial charge in [-0.2, -0.15) is 0 Å². The number of aromatic carboxylic acids is 1. The molecule has 32 heavy (non-hydrogen) atoms. The number of benzene rings is 2. The van der Waals surface area contributed by atoms with Gasteiger partial charge in [-0.15, -0.1) is 0 Å². The maximum atomic E-state index is 14.0. The molecule has 0 amide bonds. The highest BCUT2D eigenvalue weighted by Crippen LogP contribution is 2.49. The second kappa shape index (κ2) is 7.05. The molecule has 1 atom stereocenters. The number of pyridine rings is 1. The topological polar surface area (TPSA) is 68.5 Å². The Morgan fingerprint density at radius 1 is 1.16 bits per heavy atom. The lowest BCUT2D eigenvalue weighted by Crippen LogP contribution is -2.33. The number of hydrogen-bond donors (Lipinski definition) is 1. The largest absolute Gasteiger partial charge is 0.492 e. The molecule has 2 aliphatic rings. The summed E-state index contributed by atoms with van der Waals surface area (Å²) in [6.45, 7) is 6.90. The van der Waals surface area contributed by atoms with Crippen LogP contribution >= 0.6 is 0 Å². The van der Waals surface area contributed by atoms with Gasteiger partial charge in [0.25, 0.3) is 0 Å². The van der Waals surface area contributed by atoms with Crippen LogP contribution in [-0.2, 0) is 12.8 Å². The van der Waals surface area contributed by atoms with Crippen LogP contribution in [0.4, 0.5) is 4.39 Å². The Hall–Kier alpha value is -3.41. The summed E-state index contributed by atoms with van der Waals surface area (Å²) in [6.07, 6.45) is 2.92. The highest BCUT2D eigenvalue weighted by atomic mass is 19.1. The molecule has 0 radical (unpaired) electrons. The van der Waals surface area contributed by atoms with Gasteiger partial charge in [0, 0.05) is 41.4 Å². The number of carbonyl (C=O) groups is 1. The molecule has 6 heteroatoms. The lowest BCUT2D eigenvalue weighted by Gasteiger charge is -2.39. The van der Waals surface area contributed by atoms with Crippen molar-refractivity contribution in [1.82, 2.24) is 4.57 Å². The zero-order valence-electron chi connectivity index (χ0n) is 18.2. The Morgan fingerprint density at radius 2 is 1.94 bits per heavy atom. The van der Waals surface area contributed by atoms with E-state index in [-0.39, 0.29) is 22.8 Å². The number of carboxylic acid groups (broad SMARTS) is 1. The molecule has 0 bridgehead atoms. The summed E-state index contributed by atoms with van der Waals surface area (Å²) in [6, 6.07) is 9.74. The van der Waals surface area contributed by atoms with Crippen molar-refractivity contribution in [2.75, 3.05) is 6.61 Å². The SMILES string of the molecule is CC(C)(C)[C@@H]1Cc2c(cc(-c3cccc(F)c3)c3c2CCO3)-c2cc(=O)c(C(=O)O)cn21. The van der Waals surface area contributed by atoms with E-state index < -0.39 is 11.4 Å². The van der Waals surface area contributed by atoms with Gasteiger partial charge < -0.3 is 14.4 Å². The summed E-state index contributed by atoms with van der Waals surface area (Å²) in [5.74, 6) is -0.783. The molecule has 2 aliphatic heterocycles. The summed E-state index contributed by atoms with van der Waals surface area (Å²) < 4.78 is 21.9. The van der Waals surface area contributed by atoms with Gasteiger partial charge in [0.2, 0.25) is 0 Å². The van der Waals surface area contributed by atoms with Crippen LogP contribution in [0.25, 0.3) is 22.4 Å². The van der Waals surface area contributed by atoms with E-state index in [0.29, 0.717) is 24.3 Å². The average molecular weight is 433 g/mol. The van der Waals surface area contributed by atoms with Gasteiger partial charge >= 0.3 is 5.97 Å². The van der Waals surface area contributed by atoms with Crippen molar-refractivity contribution in [3.63, 3.8) is 0 Å². The molecular weight excluding hydrogens is 409 g/mol. The monoisotopic (exact) mass is 433 g/mol. The first-order valence-electron chi connectivity index (χ1n) is 10.7. The predicted molar refractivity (Wildman–Crippen MR) is 120 cm³/mol. The highest BCUT2D eigenvalue weighted by molar-refractivity contribution is 5.88. The Kier molecular flexibility index (Phi) is 4.52. The number of ether oxygens (including phenoxy) is 1. The van der Waals surface area contributed by atoms with E-state index in [9.17, 15) is 19.1 Å². The van der Waals surface area contributed by atoms with Gasteiger partial charge in [0.1, 0.15) is 17.1 Å². The summed E-state index contributed by atoms with van der Waals surface area (Å²) >= 11 is 0. The predicted octanol–water partition coefficient (Wildman–Crippen LogP) is 5.10. The summed E-state index contributed by atoms with van der Waals surface area (Å²) in [5, 5.41) is 9.53. The zero-order chi connectivity index (χ0) is 22.8. The minimum Gasteiger partial charge on any atom is -0.492 e. The van der Waals surface area contributed by atoms with Crippen LogP contribution in [0.5, 0.6) is 5.75 Å². The molecule has 0 saturated heterocycles. The van der Waals surface area contributed by atoms with Crippen molar-refractivity contribution >= 4 is 5.97 Å². The second-order valence-electron chi connectivity index (χ2n) is 9.60. The fourth-order valence-electron chi connectivity index (χ4n) is 4.97. The Bertz CT molecular complexity index is 1330. The van der Waals surface area contributed by atoms with Gasteiger partial charge in [0.15, 0.2) is 5.43 Å². The molecule has 0 fully saturated rings.